The zero-order chi connectivity index (χ0) is 19.7. The van der Waals surface area contributed by atoms with E-state index in [-0.39, 0.29) is 10.9 Å². The highest BCUT2D eigenvalue weighted by Crippen LogP contribution is 2.34. The fourth-order valence-electron chi connectivity index (χ4n) is 3.23. The van der Waals surface area contributed by atoms with E-state index in [0.717, 1.165) is 12.0 Å². The minimum atomic E-state index is -1.78. The molecule has 147 valence electrons. The summed E-state index contributed by atoms with van der Waals surface area (Å²) in [5, 5.41) is 24.0. The molecule has 0 unspecified atom stereocenters. The van der Waals surface area contributed by atoms with Crippen molar-refractivity contribution in [1.82, 2.24) is 19.5 Å². The number of alkyl halides is 1. The molecule has 2 N–H and O–H groups in total. The van der Waals surface area contributed by atoms with Crippen LogP contribution in [0, 0.1) is 0 Å². The average Bonchev–Trinajstić information content (AvgIpc) is 3.24. The summed E-state index contributed by atoms with van der Waals surface area (Å²) >= 11 is 6.04. The van der Waals surface area contributed by atoms with Gasteiger partial charge in [-0.3, -0.25) is 4.57 Å². The number of aliphatic hydroxyl groups is 1. The largest absolute Gasteiger partial charge is 0.387 e. The zero-order valence-electron chi connectivity index (χ0n) is 14.7. The van der Waals surface area contributed by atoms with Crippen molar-refractivity contribution in [1.29, 1.82) is 0 Å². The number of aliphatic hydroxyl groups excluding tert-OH is 1. The van der Waals surface area contributed by atoms with Crippen molar-refractivity contribution in [3.63, 3.8) is 0 Å². The summed E-state index contributed by atoms with van der Waals surface area (Å²) in [4.78, 5) is 12.5. The molecular formula is C18H18ClFN5O3. The molecule has 0 aliphatic carbocycles. The minimum Gasteiger partial charge on any atom is -0.387 e. The second-order valence-electron chi connectivity index (χ2n) is 6.49. The van der Waals surface area contributed by atoms with E-state index in [1.165, 1.54) is 10.9 Å². The van der Waals surface area contributed by atoms with Gasteiger partial charge in [-0.1, -0.05) is 30.3 Å². The Morgan fingerprint density at radius 3 is 2.79 bits per heavy atom. The fraction of sp³-hybridized carbons (Fsp3) is 0.389. The van der Waals surface area contributed by atoms with Crippen LogP contribution in [0.15, 0.2) is 36.7 Å². The van der Waals surface area contributed by atoms with Crippen LogP contribution >= 0.6 is 11.6 Å². The summed E-state index contributed by atoms with van der Waals surface area (Å²) < 4.78 is 21.1. The molecule has 0 spiro atoms. The Labute approximate surface area is 165 Å². The van der Waals surface area contributed by atoms with Crippen LogP contribution in [-0.2, 0) is 16.3 Å². The summed E-state index contributed by atoms with van der Waals surface area (Å²) in [6.07, 6.45) is -3.50. The lowest BCUT2D eigenvalue weighted by Crippen LogP contribution is -2.30. The number of imidazole rings is 1. The second kappa shape index (κ2) is 7.96. The number of nitrogens with one attached hydrogen (secondary N) is 1. The highest BCUT2D eigenvalue weighted by Gasteiger charge is 2.45. The monoisotopic (exact) mass is 406 g/mol. The van der Waals surface area contributed by atoms with Crippen molar-refractivity contribution in [3.8, 4) is 0 Å². The van der Waals surface area contributed by atoms with Crippen LogP contribution in [0.3, 0.4) is 0 Å². The van der Waals surface area contributed by atoms with E-state index in [2.05, 4.69) is 20.3 Å². The van der Waals surface area contributed by atoms with Crippen LogP contribution < -0.4 is 5.32 Å². The predicted molar refractivity (Wildman–Crippen MR) is 99.3 cm³/mol. The highest BCUT2D eigenvalue weighted by molar-refractivity contribution is 6.28. The first-order valence-corrected chi connectivity index (χ1v) is 9.20. The van der Waals surface area contributed by atoms with E-state index in [1.54, 1.807) is 0 Å². The molecule has 1 radical (unpaired) electrons. The van der Waals surface area contributed by atoms with E-state index in [4.69, 9.17) is 16.3 Å². The molecule has 0 saturated carbocycles. The maximum Gasteiger partial charge on any atom is 0.226 e. The third kappa shape index (κ3) is 3.53. The molecule has 8 nitrogen and oxygen atoms in total. The van der Waals surface area contributed by atoms with Gasteiger partial charge in [-0.25, -0.2) is 14.5 Å². The number of aromatic nitrogens is 4. The molecule has 4 atom stereocenters. The maximum atomic E-state index is 14.4. The van der Waals surface area contributed by atoms with Gasteiger partial charge in [0.05, 0.1) is 6.33 Å². The normalized spacial score (nSPS) is 24.7. The quantitative estimate of drug-likeness (QED) is 0.608. The number of fused-ring (bicyclic) bond motifs is 1. The summed E-state index contributed by atoms with van der Waals surface area (Å²) in [6.45, 7) is -0.158. The molecule has 0 bridgehead atoms. The van der Waals surface area contributed by atoms with Gasteiger partial charge in [0.1, 0.15) is 18.8 Å². The number of benzene rings is 1. The van der Waals surface area contributed by atoms with Crippen LogP contribution in [0.25, 0.3) is 11.2 Å². The van der Waals surface area contributed by atoms with E-state index in [0.29, 0.717) is 17.9 Å². The van der Waals surface area contributed by atoms with E-state index < -0.39 is 31.2 Å². The highest BCUT2D eigenvalue weighted by atomic mass is 35.5. The van der Waals surface area contributed by atoms with Crippen molar-refractivity contribution >= 4 is 28.6 Å². The maximum absolute atomic E-state index is 14.4. The SMILES string of the molecule is [O]C[C@H]1O[C@@H](n2cnc3c(NCCc4ccccc4)nc(Cl)nc32)[C@@H](F)[C@@H]1O. The van der Waals surface area contributed by atoms with E-state index >= 15 is 0 Å². The van der Waals surface area contributed by atoms with Crippen molar-refractivity contribution in [2.75, 3.05) is 18.5 Å². The number of ether oxygens (including phenoxy) is 1. The van der Waals surface area contributed by atoms with Gasteiger partial charge in [0, 0.05) is 6.54 Å². The molecule has 1 aliphatic rings. The van der Waals surface area contributed by atoms with Crippen LogP contribution in [0.5, 0.6) is 0 Å². The summed E-state index contributed by atoms with van der Waals surface area (Å²) in [5.41, 5.74) is 1.82. The average molecular weight is 407 g/mol. The molecule has 3 heterocycles. The molecule has 3 aromatic rings. The Morgan fingerprint density at radius 1 is 1.29 bits per heavy atom. The Morgan fingerprint density at radius 2 is 2.07 bits per heavy atom. The Hall–Kier alpha value is -2.33. The van der Waals surface area contributed by atoms with Crippen molar-refractivity contribution in [2.45, 2.75) is 31.0 Å². The first-order chi connectivity index (χ1) is 13.6. The third-order valence-corrected chi connectivity index (χ3v) is 4.84. The molecule has 1 fully saturated rings. The van der Waals surface area contributed by atoms with Gasteiger partial charge in [0.15, 0.2) is 29.4 Å². The predicted octanol–water partition coefficient (Wildman–Crippen LogP) is 2.16. The number of nitrogens with zero attached hydrogens (tertiary/aromatic N) is 4. The van der Waals surface area contributed by atoms with Gasteiger partial charge in [0.25, 0.3) is 0 Å². The van der Waals surface area contributed by atoms with E-state index in [1.807, 2.05) is 30.3 Å². The smallest absolute Gasteiger partial charge is 0.226 e. The number of halogens is 2. The molecule has 1 aromatic carbocycles. The van der Waals surface area contributed by atoms with Gasteiger partial charge >= 0.3 is 0 Å². The lowest BCUT2D eigenvalue weighted by atomic mass is 10.1. The Balaban J connectivity index is 1.58. The lowest BCUT2D eigenvalue weighted by molar-refractivity contribution is -0.0593. The van der Waals surface area contributed by atoms with Gasteiger partial charge in [-0.05, 0) is 23.6 Å². The molecule has 1 saturated heterocycles. The van der Waals surface area contributed by atoms with E-state index in [9.17, 15) is 14.6 Å². The molecule has 0 amide bonds. The summed E-state index contributed by atoms with van der Waals surface area (Å²) in [7, 11) is 0. The van der Waals surface area contributed by atoms with Crippen molar-refractivity contribution < 1.29 is 19.3 Å². The molecule has 1 aliphatic heterocycles. The first-order valence-electron chi connectivity index (χ1n) is 8.82. The first kappa shape index (κ1) is 19.0. The van der Waals surface area contributed by atoms with Gasteiger partial charge in [0.2, 0.25) is 5.28 Å². The number of rotatable bonds is 6. The van der Waals surface area contributed by atoms with Crippen LogP contribution in [0.1, 0.15) is 11.8 Å². The molecule has 2 aromatic heterocycles. The number of hydrogen-bond acceptors (Lipinski definition) is 6. The number of hydrogen-bond donors (Lipinski definition) is 2. The minimum absolute atomic E-state index is 0.0363. The van der Waals surface area contributed by atoms with Crippen molar-refractivity contribution in [3.05, 3.63) is 47.5 Å². The van der Waals surface area contributed by atoms with Crippen LogP contribution in [-0.4, -0.2) is 56.2 Å². The fourth-order valence-corrected chi connectivity index (χ4v) is 3.40. The lowest BCUT2D eigenvalue weighted by Gasteiger charge is -2.15. The summed E-state index contributed by atoms with van der Waals surface area (Å²) in [5.74, 6) is 0.416. The van der Waals surface area contributed by atoms with Crippen LogP contribution in [0.4, 0.5) is 10.2 Å². The van der Waals surface area contributed by atoms with Gasteiger partial charge in [-0.15, -0.1) is 0 Å². The third-order valence-electron chi connectivity index (χ3n) is 4.68. The van der Waals surface area contributed by atoms with Crippen LogP contribution in [0.2, 0.25) is 5.28 Å². The Kier molecular flexibility index (Phi) is 5.40. The zero-order valence-corrected chi connectivity index (χ0v) is 15.5. The van der Waals surface area contributed by atoms with Crippen molar-refractivity contribution in [2.24, 2.45) is 0 Å². The standard InChI is InChI=1S/C18H18ClFN5O3/c19-18-23-15(21-7-6-10-4-2-1-3-5-10)13-16(24-18)25(9-22-13)17-12(20)14(27)11(8-26)28-17/h1-5,9,11-12,14,17,27H,6-8H2,(H,21,23,24)/t11-,12+,14-,17-/m1/s1. The Bertz CT molecular complexity index is 957. The number of anilines is 1. The molecule has 28 heavy (non-hydrogen) atoms. The molecule has 4 rings (SSSR count). The van der Waals surface area contributed by atoms with Gasteiger partial charge < -0.3 is 15.2 Å². The second-order valence-corrected chi connectivity index (χ2v) is 6.83. The summed E-state index contributed by atoms with van der Waals surface area (Å²) in [6, 6.07) is 9.94. The van der Waals surface area contributed by atoms with Gasteiger partial charge in [-0.2, -0.15) is 9.97 Å². The molecular weight excluding hydrogens is 389 g/mol. The topological polar surface area (TPSA) is 105 Å². The molecule has 10 heteroatoms.